The van der Waals surface area contributed by atoms with E-state index in [-0.39, 0.29) is 6.10 Å². The minimum atomic E-state index is -0.346. The Morgan fingerprint density at radius 1 is 1.47 bits per heavy atom. The largest absolute Gasteiger partial charge is 0.391 e. The molecule has 0 aliphatic rings. The van der Waals surface area contributed by atoms with Crippen molar-refractivity contribution in [2.24, 2.45) is 7.05 Å². The topological polar surface area (TPSA) is 75.9 Å². The average Bonchev–Trinajstić information content (AvgIpc) is 2.70. The highest BCUT2D eigenvalue weighted by atomic mass is 16.3. The summed E-state index contributed by atoms with van der Waals surface area (Å²) in [7, 11) is 1.84. The molecule has 2 heterocycles. The highest BCUT2D eigenvalue weighted by molar-refractivity contribution is 5.85. The molecule has 2 aromatic heterocycles. The molecule has 2 rings (SSSR count). The van der Waals surface area contributed by atoms with Crippen LogP contribution in [0.1, 0.15) is 19.8 Å². The van der Waals surface area contributed by atoms with Gasteiger partial charge in [-0.3, -0.25) is 4.68 Å². The molecule has 17 heavy (non-hydrogen) atoms. The third-order valence-electron chi connectivity index (χ3n) is 2.66. The molecule has 0 aliphatic carbocycles. The van der Waals surface area contributed by atoms with Crippen LogP contribution in [0.25, 0.3) is 11.0 Å². The lowest BCUT2D eigenvalue weighted by atomic mass is 10.2. The van der Waals surface area contributed by atoms with Gasteiger partial charge < -0.3 is 10.4 Å². The predicted molar refractivity (Wildman–Crippen MR) is 65.7 cm³/mol. The molecular formula is C11H17N5O. The lowest BCUT2D eigenvalue weighted by Gasteiger charge is -2.11. The number of aliphatic hydroxyl groups is 1. The molecule has 0 aromatic carbocycles. The van der Waals surface area contributed by atoms with Gasteiger partial charge >= 0.3 is 0 Å². The molecule has 6 heteroatoms. The molecule has 0 amide bonds. The van der Waals surface area contributed by atoms with Crippen LogP contribution < -0.4 is 5.32 Å². The van der Waals surface area contributed by atoms with E-state index < -0.39 is 0 Å². The maximum atomic E-state index is 9.66. The monoisotopic (exact) mass is 235 g/mol. The Hall–Kier alpha value is -1.69. The van der Waals surface area contributed by atoms with Crippen LogP contribution >= 0.6 is 0 Å². The number of nitrogens with zero attached hydrogens (tertiary/aromatic N) is 4. The molecule has 0 spiro atoms. The number of fused-ring (bicyclic) bond motifs is 1. The van der Waals surface area contributed by atoms with E-state index in [1.807, 2.05) is 14.0 Å². The molecule has 0 radical (unpaired) electrons. The van der Waals surface area contributed by atoms with Crippen molar-refractivity contribution in [3.63, 3.8) is 0 Å². The first kappa shape index (κ1) is 11.8. The van der Waals surface area contributed by atoms with E-state index in [0.29, 0.717) is 6.54 Å². The SMILES string of the molecule is CCCC(O)CNc1ncnc2c1cnn2C. The number of rotatable bonds is 5. The first-order valence-electron chi connectivity index (χ1n) is 5.77. The van der Waals surface area contributed by atoms with Crippen LogP contribution in [0.4, 0.5) is 5.82 Å². The van der Waals surface area contributed by atoms with Gasteiger partial charge in [-0.15, -0.1) is 0 Å². The Labute approximate surface area is 99.7 Å². The van der Waals surface area contributed by atoms with Crippen LogP contribution in [0.2, 0.25) is 0 Å². The Balaban J connectivity index is 2.13. The molecule has 0 saturated carbocycles. The zero-order chi connectivity index (χ0) is 12.3. The summed E-state index contributed by atoms with van der Waals surface area (Å²) in [4.78, 5) is 8.32. The van der Waals surface area contributed by atoms with Gasteiger partial charge in [-0.25, -0.2) is 9.97 Å². The Bertz CT molecular complexity index is 496. The van der Waals surface area contributed by atoms with Crippen molar-refractivity contribution in [1.82, 2.24) is 19.7 Å². The molecule has 0 fully saturated rings. The molecule has 92 valence electrons. The zero-order valence-corrected chi connectivity index (χ0v) is 10.1. The average molecular weight is 235 g/mol. The van der Waals surface area contributed by atoms with Crippen molar-refractivity contribution in [1.29, 1.82) is 0 Å². The molecular weight excluding hydrogens is 218 g/mol. The quantitative estimate of drug-likeness (QED) is 0.806. The van der Waals surface area contributed by atoms with Crippen LogP contribution in [-0.2, 0) is 7.05 Å². The van der Waals surface area contributed by atoms with Crippen molar-refractivity contribution in [3.05, 3.63) is 12.5 Å². The van der Waals surface area contributed by atoms with E-state index in [0.717, 1.165) is 29.7 Å². The smallest absolute Gasteiger partial charge is 0.163 e. The highest BCUT2D eigenvalue weighted by Crippen LogP contribution is 2.17. The molecule has 0 bridgehead atoms. The normalized spacial score (nSPS) is 12.9. The highest BCUT2D eigenvalue weighted by Gasteiger charge is 2.09. The van der Waals surface area contributed by atoms with Gasteiger partial charge in [0.05, 0.1) is 17.7 Å². The third-order valence-corrected chi connectivity index (χ3v) is 2.66. The van der Waals surface area contributed by atoms with Crippen LogP contribution in [0.3, 0.4) is 0 Å². The molecule has 6 nitrogen and oxygen atoms in total. The van der Waals surface area contributed by atoms with E-state index in [1.54, 1.807) is 10.9 Å². The van der Waals surface area contributed by atoms with Crippen molar-refractivity contribution in [2.45, 2.75) is 25.9 Å². The van der Waals surface area contributed by atoms with Gasteiger partial charge in [-0.2, -0.15) is 5.10 Å². The van der Waals surface area contributed by atoms with Crippen LogP contribution in [0.5, 0.6) is 0 Å². The van der Waals surface area contributed by atoms with Crippen molar-refractivity contribution < 1.29 is 5.11 Å². The predicted octanol–water partition coefficient (Wildman–Crippen LogP) is 0.936. The van der Waals surface area contributed by atoms with Gasteiger partial charge in [0, 0.05) is 13.6 Å². The van der Waals surface area contributed by atoms with Crippen molar-refractivity contribution in [2.75, 3.05) is 11.9 Å². The van der Waals surface area contributed by atoms with E-state index in [1.165, 1.54) is 6.33 Å². The summed E-state index contributed by atoms with van der Waals surface area (Å²) in [6.45, 7) is 2.54. The summed E-state index contributed by atoms with van der Waals surface area (Å²) in [5, 5.41) is 17.8. The number of hydrogen-bond donors (Lipinski definition) is 2. The Kier molecular flexibility index (Phi) is 3.53. The summed E-state index contributed by atoms with van der Waals surface area (Å²) in [5.41, 5.74) is 0.785. The fourth-order valence-electron chi connectivity index (χ4n) is 1.75. The lowest BCUT2D eigenvalue weighted by Crippen LogP contribution is -2.19. The second kappa shape index (κ2) is 5.09. The minimum absolute atomic E-state index is 0.346. The lowest BCUT2D eigenvalue weighted by molar-refractivity contribution is 0.176. The van der Waals surface area contributed by atoms with Gasteiger partial charge in [0.1, 0.15) is 12.1 Å². The number of hydrogen-bond acceptors (Lipinski definition) is 5. The van der Waals surface area contributed by atoms with Gasteiger partial charge in [0.2, 0.25) is 0 Å². The third kappa shape index (κ3) is 2.52. The van der Waals surface area contributed by atoms with Crippen LogP contribution in [0.15, 0.2) is 12.5 Å². The van der Waals surface area contributed by atoms with E-state index in [4.69, 9.17) is 0 Å². The zero-order valence-electron chi connectivity index (χ0n) is 10.1. The number of nitrogens with one attached hydrogen (secondary N) is 1. The van der Waals surface area contributed by atoms with Gasteiger partial charge in [0.15, 0.2) is 5.65 Å². The van der Waals surface area contributed by atoms with E-state index >= 15 is 0 Å². The summed E-state index contributed by atoms with van der Waals surface area (Å²) in [6.07, 6.45) is 4.63. The Morgan fingerprint density at radius 3 is 3.06 bits per heavy atom. The van der Waals surface area contributed by atoms with Gasteiger partial charge in [0.25, 0.3) is 0 Å². The maximum Gasteiger partial charge on any atom is 0.163 e. The van der Waals surface area contributed by atoms with Crippen LogP contribution in [-0.4, -0.2) is 37.5 Å². The summed E-state index contributed by atoms with van der Waals surface area (Å²) in [5.74, 6) is 0.721. The second-order valence-electron chi connectivity index (χ2n) is 4.05. The van der Waals surface area contributed by atoms with E-state index in [2.05, 4.69) is 20.4 Å². The molecule has 0 saturated heterocycles. The Morgan fingerprint density at radius 2 is 2.29 bits per heavy atom. The van der Waals surface area contributed by atoms with Crippen LogP contribution in [0, 0.1) is 0 Å². The van der Waals surface area contributed by atoms with Gasteiger partial charge in [-0.1, -0.05) is 13.3 Å². The molecule has 1 atom stereocenters. The maximum absolute atomic E-state index is 9.66. The fourth-order valence-corrected chi connectivity index (χ4v) is 1.75. The van der Waals surface area contributed by atoms with Crippen molar-refractivity contribution in [3.8, 4) is 0 Å². The molecule has 0 aliphatic heterocycles. The fraction of sp³-hybridized carbons (Fsp3) is 0.545. The summed E-state index contributed by atoms with van der Waals surface area (Å²) >= 11 is 0. The minimum Gasteiger partial charge on any atom is -0.391 e. The summed E-state index contributed by atoms with van der Waals surface area (Å²) in [6, 6.07) is 0. The number of aliphatic hydroxyl groups excluding tert-OH is 1. The number of aromatic nitrogens is 4. The van der Waals surface area contributed by atoms with Crippen molar-refractivity contribution >= 4 is 16.9 Å². The second-order valence-corrected chi connectivity index (χ2v) is 4.05. The molecule has 2 N–H and O–H groups in total. The molecule has 1 unspecified atom stereocenters. The van der Waals surface area contributed by atoms with Gasteiger partial charge in [-0.05, 0) is 6.42 Å². The van der Waals surface area contributed by atoms with E-state index in [9.17, 15) is 5.11 Å². The summed E-state index contributed by atoms with van der Waals surface area (Å²) < 4.78 is 1.70. The molecule has 2 aromatic rings. The standard InChI is InChI=1S/C11H17N5O/c1-3-4-8(17)5-12-10-9-6-15-16(2)11(9)14-7-13-10/h6-8,17H,3-5H2,1-2H3,(H,12,13,14). The first-order chi connectivity index (χ1) is 8.22. The number of anilines is 1. The first-order valence-corrected chi connectivity index (χ1v) is 5.77. The number of aryl methyl sites for hydroxylation is 1.